The predicted octanol–water partition coefficient (Wildman–Crippen LogP) is 4.22. The number of halogens is 2. The molecule has 0 aliphatic carbocycles. The minimum Gasteiger partial charge on any atom is -0.369 e. The van der Waals surface area contributed by atoms with Gasteiger partial charge in [0, 0.05) is 30.1 Å². The molecule has 0 N–H and O–H groups in total. The Morgan fingerprint density at radius 3 is 2.72 bits per heavy atom. The van der Waals surface area contributed by atoms with Gasteiger partial charge in [-0.05, 0) is 23.3 Å². The van der Waals surface area contributed by atoms with E-state index in [1.54, 1.807) is 6.20 Å². The minimum atomic E-state index is 0.498. The zero-order chi connectivity index (χ0) is 13.0. The quantitative estimate of drug-likeness (QED) is 0.782. The van der Waals surface area contributed by atoms with Crippen molar-refractivity contribution in [3.63, 3.8) is 0 Å². The van der Waals surface area contributed by atoms with Gasteiger partial charge >= 0.3 is 0 Å². The van der Waals surface area contributed by atoms with Gasteiger partial charge in [-0.3, -0.25) is 4.98 Å². The molecule has 0 atom stereocenters. The first kappa shape index (κ1) is 13.4. The molecule has 0 bridgehead atoms. The van der Waals surface area contributed by atoms with Gasteiger partial charge < -0.3 is 4.90 Å². The lowest BCUT2D eigenvalue weighted by atomic mass is 10.2. The number of anilines is 1. The number of alkyl halides is 1. The van der Waals surface area contributed by atoms with E-state index in [1.807, 2.05) is 31.4 Å². The maximum Gasteiger partial charge on any atom is 0.0597 e. The van der Waals surface area contributed by atoms with E-state index < -0.39 is 0 Å². The summed E-state index contributed by atoms with van der Waals surface area (Å²) < 4.78 is 1.12. The van der Waals surface area contributed by atoms with E-state index in [4.69, 9.17) is 11.6 Å². The first-order valence-corrected chi connectivity index (χ1v) is 6.98. The van der Waals surface area contributed by atoms with E-state index in [2.05, 4.69) is 37.9 Å². The molecule has 0 radical (unpaired) electrons. The second-order valence-corrected chi connectivity index (χ2v) is 5.21. The normalized spacial score (nSPS) is 10.4. The Kier molecular flexibility index (Phi) is 4.61. The van der Waals surface area contributed by atoms with Gasteiger partial charge in [0.1, 0.15) is 0 Å². The predicted molar refractivity (Wildman–Crippen MR) is 80.0 cm³/mol. The van der Waals surface area contributed by atoms with Crippen LogP contribution in [0.1, 0.15) is 11.1 Å². The maximum absolute atomic E-state index is 5.95. The third-order valence-electron chi connectivity index (χ3n) is 2.81. The zero-order valence-electron chi connectivity index (χ0n) is 10.1. The maximum atomic E-state index is 5.95. The molecule has 0 spiro atoms. The molecule has 2 aromatic rings. The highest BCUT2D eigenvalue weighted by molar-refractivity contribution is 9.10. The minimum absolute atomic E-state index is 0.498. The molecule has 0 amide bonds. The average molecular weight is 326 g/mol. The summed E-state index contributed by atoms with van der Waals surface area (Å²) >= 11 is 9.51. The third kappa shape index (κ3) is 3.03. The lowest BCUT2D eigenvalue weighted by Gasteiger charge is -2.22. The Morgan fingerprint density at radius 1 is 1.22 bits per heavy atom. The van der Waals surface area contributed by atoms with Gasteiger partial charge in [-0.25, -0.2) is 0 Å². The van der Waals surface area contributed by atoms with Crippen molar-refractivity contribution < 1.29 is 0 Å². The molecule has 94 valence electrons. The Bertz CT molecular complexity index is 531. The van der Waals surface area contributed by atoms with Crippen LogP contribution in [-0.2, 0) is 12.4 Å². The van der Waals surface area contributed by atoms with Crippen LogP contribution in [0, 0.1) is 0 Å². The van der Waals surface area contributed by atoms with Gasteiger partial charge in [-0.2, -0.15) is 0 Å². The van der Waals surface area contributed by atoms with Crippen molar-refractivity contribution in [2.75, 3.05) is 11.9 Å². The van der Waals surface area contributed by atoms with Crippen LogP contribution in [0.3, 0.4) is 0 Å². The average Bonchev–Trinajstić information content (AvgIpc) is 2.41. The standard InChI is InChI=1S/C14H14BrClN2/c1-18(10-12-4-2-3-5-13(12)15)14-9-17-7-6-11(14)8-16/h2-7,9H,8,10H2,1H3. The second-order valence-electron chi connectivity index (χ2n) is 4.09. The van der Waals surface area contributed by atoms with Crippen LogP contribution in [0.4, 0.5) is 5.69 Å². The Labute approximate surface area is 121 Å². The summed E-state index contributed by atoms with van der Waals surface area (Å²) in [5.74, 6) is 0.498. The van der Waals surface area contributed by atoms with E-state index in [0.29, 0.717) is 5.88 Å². The molecule has 1 aromatic heterocycles. The van der Waals surface area contributed by atoms with Crippen LogP contribution < -0.4 is 4.90 Å². The van der Waals surface area contributed by atoms with Crippen molar-refractivity contribution in [2.24, 2.45) is 0 Å². The first-order chi connectivity index (χ1) is 8.72. The van der Waals surface area contributed by atoms with Crippen molar-refractivity contribution in [2.45, 2.75) is 12.4 Å². The first-order valence-electron chi connectivity index (χ1n) is 5.65. The Morgan fingerprint density at radius 2 is 2.00 bits per heavy atom. The van der Waals surface area contributed by atoms with E-state index >= 15 is 0 Å². The fourth-order valence-electron chi connectivity index (χ4n) is 1.84. The van der Waals surface area contributed by atoms with Crippen molar-refractivity contribution in [3.05, 3.63) is 58.3 Å². The molecule has 4 heteroatoms. The van der Waals surface area contributed by atoms with Crippen LogP contribution in [0.15, 0.2) is 47.2 Å². The highest BCUT2D eigenvalue weighted by atomic mass is 79.9. The molecule has 2 rings (SSSR count). The number of rotatable bonds is 4. The van der Waals surface area contributed by atoms with Gasteiger partial charge in [0.25, 0.3) is 0 Å². The molecule has 0 saturated heterocycles. The van der Waals surface area contributed by atoms with Crippen LogP contribution in [0.25, 0.3) is 0 Å². The summed E-state index contributed by atoms with van der Waals surface area (Å²) in [7, 11) is 2.05. The van der Waals surface area contributed by atoms with Gasteiger partial charge in [0.15, 0.2) is 0 Å². The molecule has 0 unspecified atom stereocenters. The zero-order valence-corrected chi connectivity index (χ0v) is 12.4. The Balaban J connectivity index is 2.22. The molecule has 1 aromatic carbocycles. The number of nitrogens with zero attached hydrogens (tertiary/aromatic N) is 2. The number of pyridine rings is 1. The van der Waals surface area contributed by atoms with Crippen molar-refractivity contribution in [1.29, 1.82) is 0 Å². The fourth-order valence-corrected chi connectivity index (χ4v) is 2.48. The number of hydrogen-bond acceptors (Lipinski definition) is 2. The Hall–Kier alpha value is -1.06. The summed E-state index contributed by atoms with van der Waals surface area (Å²) in [6.45, 7) is 0.816. The monoisotopic (exact) mass is 324 g/mol. The second kappa shape index (κ2) is 6.21. The van der Waals surface area contributed by atoms with Gasteiger partial charge in [0.2, 0.25) is 0 Å². The largest absolute Gasteiger partial charge is 0.369 e. The van der Waals surface area contributed by atoms with Crippen molar-refractivity contribution in [1.82, 2.24) is 4.98 Å². The van der Waals surface area contributed by atoms with Crippen molar-refractivity contribution >= 4 is 33.2 Å². The molecule has 1 heterocycles. The molecular weight excluding hydrogens is 312 g/mol. The summed E-state index contributed by atoms with van der Waals surface area (Å²) in [5.41, 5.74) is 3.41. The van der Waals surface area contributed by atoms with E-state index in [-0.39, 0.29) is 0 Å². The van der Waals surface area contributed by atoms with Crippen LogP contribution >= 0.6 is 27.5 Å². The van der Waals surface area contributed by atoms with Gasteiger partial charge in [-0.15, -0.1) is 11.6 Å². The van der Waals surface area contributed by atoms with E-state index in [1.165, 1.54) is 5.56 Å². The molecule has 0 fully saturated rings. The summed E-state index contributed by atoms with van der Waals surface area (Å²) in [6.07, 6.45) is 3.63. The lowest BCUT2D eigenvalue weighted by Crippen LogP contribution is -2.18. The smallest absolute Gasteiger partial charge is 0.0597 e. The number of benzene rings is 1. The van der Waals surface area contributed by atoms with Crippen LogP contribution in [0.2, 0.25) is 0 Å². The van der Waals surface area contributed by atoms with Gasteiger partial charge in [0.05, 0.1) is 11.9 Å². The molecular formula is C14H14BrClN2. The summed E-state index contributed by atoms with van der Waals surface area (Å²) in [6, 6.07) is 10.2. The fraction of sp³-hybridized carbons (Fsp3) is 0.214. The molecule has 0 aliphatic rings. The topological polar surface area (TPSA) is 16.1 Å². The third-order valence-corrected chi connectivity index (χ3v) is 3.87. The van der Waals surface area contributed by atoms with E-state index in [0.717, 1.165) is 22.3 Å². The molecule has 0 aliphatic heterocycles. The summed E-state index contributed by atoms with van der Waals surface area (Å²) in [4.78, 5) is 6.32. The van der Waals surface area contributed by atoms with Gasteiger partial charge in [-0.1, -0.05) is 34.1 Å². The van der Waals surface area contributed by atoms with E-state index in [9.17, 15) is 0 Å². The molecule has 18 heavy (non-hydrogen) atoms. The highest BCUT2D eigenvalue weighted by Crippen LogP contribution is 2.24. The SMILES string of the molecule is CN(Cc1ccccc1Br)c1cnccc1CCl. The number of aromatic nitrogens is 1. The molecule has 0 saturated carbocycles. The highest BCUT2D eigenvalue weighted by Gasteiger charge is 2.08. The van der Waals surface area contributed by atoms with Crippen LogP contribution in [0.5, 0.6) is 0 Å². The number of hydrogen-bond donors (Lipinski definition) is 0. The van der Waals surface area contributed by atoms with Crippen LogP contribution in [-0.4, -0.2) is 12.0 Å². The summed E-state index contributed by atoms with van der Waals surface area (Å²) in [5, 5.41) is 0. The molecule has 2 nitrogen and oxygen atoms in total. The lowest BCUT2D eigenvalue weighted by molar-refractivity contribution is 0.906. The van der Waals surface area contributed by atoms with Crippen molar-refractivity contribution in [3.8, 4) is 0 Å².